The van der Waals surface area contributed by atoms with Gasteiger partial charge in [0.15, 0.2) is 0 Å². The van der Waals surface area contributed by atoms with Gasteiger partial charge in [-0.05, 0) is 42.9 Å². The number of hydrogen-bond acceptors (Lipinski definition) is 5. The number of aromatic amines is 1. The van der Waals surface area contributed by atoms with Crippen molar-refractivity contribution in [2.45, 2.75) is 31.9 Å². The number of ether oxygens (including phenoxy) is 1. The Kier molecular flexibility index (Phi) is 5.31. The average molecular weight is 387 g/mol. The molecule has 0 saturated heterocycles. The molecule has 0 fully saturated rings. The predicted octanol–water partition coefficient (Wildman–Crippen LogP) is 4.42. The zero-order valence-corrected chi connectivity index (χ0v) is 16.4. The van der Waals surface area contributed by atoms with Gasteiger partial charge in [0.05, 0.1) is 17.7 Å². The van der Waals surface area contributed by atoms with Gasteiger partial charge in [0.25, 0.3) is 5.56 Å². The van der Waals surface area contributed by atoms with Gasteiger partial charge in [-0.1, -0.05) is 25.1 Å². The summed E-state index contributed by atoms with van der Waals surface area (Å²) in [5, 5.41) is 0.832. The number of hydrogen-bond donors (Lipinski definition) is 1. The average Bonchev–Trinajstić information content (AvgIpc) is 3.00. The summed E-state index contributed by atoms with van der Waals surface area (Å²) < 4.78 is 5.69. The highest BCUT2D eigenvalue weighted by molar-refractivity contribution is 7.98. The molecular formula is C20H22N2O2S2. The minimum atomic E-state index is 0.0261. The number of H-pyrrole nitrogens is 1. The molecule has 2 aromatic heterocycles. The minimum Gasteiger partial charge on any atom is -0.493 e. The van der Waals surface area contributed by atoms with Crippen LogP contribution in [-0.4, -0.2) is 22.3 Å². The number of nitrogens with zero attached hydrogens (tertiary/aromatic N) is 1. The van der Waals surface area contributed by atoms with Crippen LogP contribution in [0.15, 0.2) is 35.1 Å². The van der Waals surface area contributed by atoms with E-state index in [1.165, 1.54) is 10.4 Å². The second-order valence-corrected chi connectivity index (χ2v) is 8.95. The third-order valence-corrected chi connectivity index (χ3v) is 6.77. The Hall–Kier alpha value is -1.79. The monoisotopic (exact) mass is 386 g/mol. The van der Waals surface area contributed by atoms with Crippen molar-refractivity contribution in [1.29, 1.82) is 0 Å². The largest absolute Gasteiger partial charge is 0.493 e. The number of nitrogens with one attached hydrogen (secondary N) is 1. The fraction of sp³-hybridized carbons (Fsp3) is 0.400. The Balaban J connectivity index is 1.39. The zero-order valence-electron chi connectivity index (χ0n) is 14.8. The molecule has 0 spiro atoms. The molecule has 1 N–H and O–H groups in total. The molecule has 1 aliphatic carbocycles. The maximum atomic E-state index is 12.6. The summed E-state index contributed by atoms with van der Waals surface area (Å²) in [6, 6.07) is 9.82. The van der Waals surface area contributed by atoms with Gasteiger partial charge in [-0.25, -0.2) is 4.98 Å². The molecule has 6 heteroatoms. The van der Waals surface area contributed by atoms with Gasteiger partial charge in [0.2, 0.25) is 0 Å². The highest BCUT2D eigenvalue weighted by Crippen LogP contribution is 2.35. The van der Waals surface area contributed by atoms with Gasteiger partial charge in [-0.2, -0.15) is 11.8 Å². The zero-order chi connectivity index (χ0) is 17.9. The van der Waals surface area contributed by atoms with Gasteiger partial charge in [0.1, 0.15) is 16.4 Å². The van der Waals surface area contributed by atoms with E-state index >= 15 is 0 Å². The first-order valence-corrected chi connectivity index (χ1v) is 11.0. The van der Waals surface area contributed by atoms with Crippen LogP contribution in [0.25, 0.3) is 10.2 Å². The Morgan fingerprint density at radius 3 is 3.04 bits per heavy atom. The molecule has 2 heterocycles. The Labute approximate surface area is 161 Å². The lowest BCUT2D eigenvalue weighted by Crippen LogP contribution is -2.14. The first kappa shape index (κ1) is 17.6. The van der Waals surface area contributed by atoms with Crippen molar-refractivity contribution in [3.63, 3.8) is 0 Å². The van der Waals surface area contributed by atoms with E-state index in [0.717, 1.165) is 46.8 Å². The molecule has 26 heavy (non-hydrogen) atoms. The first-order chi connectivity index (χ1) is 12.7. The van der Waals surface area contributed by atoms with Crippen molar-refractivity contribution in [2.75, 3.05) is 12.4 Å². The van der Waals surface area contributed by atoms with E-state index in [0.29, 0.717) is 18.3 Å². The van der Waals surface area contributed by atoms with E-state index in [1.807, 2.05) is 30.3 Å². The molecule has 136 valence electrons. The van der Waals surface area contributed by atoms with E-state index in [4.69, 9.17) is 9.72 Å². The lowest BCUT2D eigenvalue weighted by molar-refractivity contribution is 0.344. The van der Waals surface area contributed by atoms with Crippen LogP contribution >= 0.6 is 23.1 Å². The highest BCUT2D eigenvalue weighted by Gasteiger charge is 2.22. The molecular weight excluding hydrogens is 364 g/mol. The number of rotatable bonds is 6. The van der Waals surface area contributed by atoms with Crippen LogP contribution in [0.3, 0.4) is 0 Å². The maximum absolute atomic E-state index is 12.6. The van der Waals surface area contributed by atoms with E-state index in [2.05, 4.69) is 11.9 Å². The number of thioether (sulfide) groups is 1. The van der Waals surface area contributed by atoms with Crippen molar-refractivity contribution < 1.29 is 4.74 Å². The van der Waals surface area contributed by atoms with Crippen molar-refractivity contribution in [2.24, 2.45) is 5.92 Å². The number of thiophene rings is 1. The smallest absolute Gasteiger partial charge is 0.259 e. The molecule has 0 bridgehead atoms. The van der Waals surface area contributed by atoms with Gasteiger partial charge in [0, 0.05) is 10.6 Å². The van der Waals surface area contributed by atoms with Crippen LogP contribution in [-0.2, 0) is 18.6 Å². The normalized spacial score (nSPS) is 16.6. The third kappa shape index (κ3) is 3.81. The number of benzene rings is 1. The molecule has 0 aliphatic heterocycles. The SMILES string of the molecule is C[C@@H]1CCc2c(sc3nc(CSCCOc4ccccc4)[nH]c(=O)c23)C1. The van der Waals surface area contributed by atoms with Gasteiger partial charge >= 0.3 is 0 Å². The van der Waals surface area contributed by atoms with Crippen LogP contribution in [0.2, 0.25) is 0 Å². The molecule has 4 rings (SSSR count). The Morgan fingerprint density at radius 2 is 2.19 bits per heavy atom. The quantitative estimate of drug-likeness (QED) is 0.637. The van der Waals surface area contributed by atoms with Crippen molar-refractivity contribution in [3.8, 4) is 5.75 Å². The first-order valence-electron chi connectivity index (χ1n) is 8.99. The summed E-state index contributed by atoms with van der Waals surface area (Å²) in [6.07, 6.45) is 3.25. The summed E-state index contributed by atoms with van der Waals surface area (Å²) >= 11 is 3.43. The van der Waals surface area contributed by atoms with Crippen LogP contribution in [0, 0.1) is 5.92 Å². The van der Waals surface area contributed by atoms with Crippen LogP contribution in [0.5, 0.6) is 5.75 Å². The van der Waals surface area contributed by atoms with Gasteiger partial charge < -0.3 is 9.72 Å². The van der Waals surface area contributed by atoms with Crippen molar-refractivity contribution in [3.05, 3.63) is 57.0 Å². The van der Waals surface area contributed by atoms with Crippen LogP contribution < -0.4 is 10.3 Å². The summed E-state index contributed by atoms with van der Waals surface area (Å²) in [5.74, 6) is 3.91. The lowest BCUT2D eigenvalue weighted by atomic mass is 9.89. The summed E-state index contributed by atoms with van der Waals surface area (Å²) in [5.41, 5.74) is 1.27. The van der Waals surface area contributed by atoms with E-state index in [1.54, 1.807) is 23.1 Å². The van der Waals surface area contributed by atoms with Crippen molar-refractivity contribution >= 4 is 33.3 Å². The number of para-hydroxylation sites is 1. The minimum absolute atomic E-state index is 0.0261. The topological polar surface area (TPSA) is 55.0 Å². The molecule has 1 atom stereocenters. The molecule has 0 amide bonds. The molecule has 0 saturated carbocycles. The maximum Gasteiger partial charge on any atom is 0.259 e. The summed E-state index contributed by atoms with van der Waals surface area (Å²) in [6.45, 7) is 2.93. The molecule has 1 aromatic carbocycles. The Bertz CT molecular complexity index is 950. The van der Waals surface area contributed by atoms with Crippen LogP contribution in [0.1, 0.15) is 29.6 Å². The van der Waals surface area contributed by atoms with Gasteiger partial charge in [-0.15, -0.1) is 11.3 Å². The fourth-order valence-electron chi connectivity index (χ4n) is 3.37. The Morgan fingerprint density at radius 1 is 1.35 bits per heavy atom. The highest BCUT2D eigenvalue weighted by atomic mass is 32.2. The van der Waals surface area contributed by atoms with E-state index in [9.17, 15) is 4.79 Å². The molecule has 0 unspecified atom stereocenters. The number of fused-ring (bicyclic) bond motifs is 3. The fourth-order valence-corrected chi connectivity index (χ4v) is 5.44. The van der Waals surface area contributed by atoms with Crippen molar-refractivity contribution in [1.82, 2.24) is 9.97 Å². The lowest BCUT2D eigenvalue weighted by Gasteiger charge is -2.17. The third-order valence-electron chi connectivity index (χ3n) is 4.69. The molecule has 3 aromatic rings. The number of aromatic nitrogens is 2. The standard InChI is InChI=1S/C20H22N2O2S2/c1-13-7-8-15-16(11-13)26-20-18(15)19(23)21-17(22-20)12-25-10-9-24-14-5-3-2-4-6-14/h2-6,13H,7-12H2,1H3,(H,21,22,23)/t13-/m1/s1. The number of aryl methyl sites for hydroxylation is 1. The molecule has 4 nitrogen and oxygen atoms in total. The summed E-state index contributed by atoms with van der Waals surface area (Å²) in [7, 11) is 0. The van der Waals surface area contributed by atoms with E-state index in [-0.39, 0.29) is 5.56 Å². The van der Waals surface area contributed by atoms with Crippen LogP contribution in [0.4, 0.5) is 0 Å². The predicted molar refractivity (Wildman–Crippen MR) is 110 cm³/mol. The summed E-state index contributed by atoms with van der Waals surface area (Å²) in [4.78, 5) is 22.5. The second-order valence-electron chi connectivity index (χ2n) is 6.76. The second kappa shape index (κ2) is 7.84. The van der Waals surface area contributed by atoms with Gasteiger partial charge in [-0.3, -0.25) is 4.79 Å². The van der Waals surface area contributed by atoms with E-state index < -0.39 is 0 Å². The molecule has 0 radical (unpaired) electrons. The molecule has 1 aliphatic rings.